The normalized spacial score (nSPS) is 16.3. The summed E-state index contributed by atoms with van der Waals surface area (Å²) in [5.41, 5.74) is 2.32. The van der Waals surface area contributed by atoms with Gasteiger partial charge in [0.15, 0.2) is 0 Å². The van der Waals surface area contributed by atoms with Gasteiger partial charge in [-0.1, -0.05) is 41.6 Å². The minimum absolute atomic E-state index is 0.633. The lowest BCUT2D eigenvalue weighted by molar-refractivity contribution is 0.457. The predicted octanol–water partition coefficient (Wildman–Crippen LogP) is 5.16. The molecule has 2 nitrogen and oxygen atoms in total. The van der Waals surface area contributed by atoms with Gasteiger partial charge in [-0.25, -0.2) is 4.98 Å². The van der Waals surface area contributed by atoms with Crippen molar-refractivity contribution in [2.75, 3.05) is 5.88 Å². The van der Waals surface area contributed by atoms with E-state index in [1.165, 1.54) is 37.6 Å². The van der Waals surface area contributed by atoms with Gasteiger partial charge in [0.25, 0.3) is 0 Å². The van der Waals surface area contributed by atoms with Crippen molar-refractivity contribution < 1.29 is 0 Å². The molecule has 4 heteroatoms. The van der Waals surface area contributed by atoms with Crippen molar-refractivity contribution in [2.24, 2.45) is 5.92 Å². The first-order valence-corrected chi connectivity index (χ1v) is 8.81. The second-order valence-corrected chi connectivity index (χ2v) is 6.98. The first-order chi connectivity index (χ1) is 9.78. The fourth-order valence-corrected chi connectivity index (χ4v) is 3.80. The fraction of sp³-hybridized carbons (Fsp3) is 0.562. The molecule has 1 aromatic carbocycles. The van der Waals surface area contributed by atoms with E-state index in [0.717, 1.165) is 34.7 Å². The molecule has 0 spiro atoms. The zero-order chi connectivity index (χ0) is 13.9. The van der Waals surface area contributed by atoms with Crippen molar-refractivity contribution in [1.29, 1.82) is 0 Å². The molecule has 1 heterocycles. The molecule has 108 valence electrons. The van der Waals surface area contributed by atoms with E-state index in [2.05, 4.69) is 38.7 Å². The molecule has 0 saturated heterocycles. The van der Waals surface area contributed by atoms with Gasteiger partial charge in [0.05, 0.1) is 11.0 Å². The monoisotopic (exact) mass is 354 g/mol. The smallest absolute Gasteiger partial charge is 0.111 e. The first-order valence-electron chi connectivity index (χ1n) is 7.48. The summed E-state index contributed by atoms with van der Waals surface area (Å²) in [4.78, 5) is 4.75. The number of alkyl halides is 1. The number of benzene rings is 1. The molecular formula is C16H20BrClN2. The minimum atomic E-state index is 0.633. The third kappa shape index (κ3) is 3.04. The Labute approximate surface area is 133 Å². The Kier molecular flexibility index (Phi) is 4.67. The number of fused-ring (bicyclic) bond motifs is 1. The van der Waals surface area contributed by atoms with Crippen molar-refractivity contribution in [3.8, 4) is 0 Å². The number of hydrogen-bond donors (Lipinski definition) is 0. The van der Waals surface area contributed by atoms with Gasteiger partial charge >= 0.3 is 0 Å². The van der Waals surface area contributed by atoms with Gasteiger partial charge < -0.3 is 4.57 Å². The van der Waals surface area contributed by atoms with E-state index in [1.54, 1.807) is 0 Å². The van der Waals surface area contributed by atoms with Crippen molar-refractivity contribution >= 4 is 38.6 Å². The molecule has 0 atom stereocenters. The van der Waals surface area contributed by atoms with Crippen LogP contribution < -0.4 is 0 Å². The maximum absolute atomic E-state index is 5.93. The van der Waals surface area contributed by atoms with Gasteiger partial charge in [-0.05, 0) is 30.5 Å². The van der Waals surface area contributed by atoms with Crippen LogP contribution in [0.1, 0.15) is 37.9 Å². The molecule has 0 unspecified atom stereocenters. The summed E-state index contributed by atoms with van der Waals surface area (Å²) in [5, 5.41) is 0. The lowest BCUT2D eigenvalue weighted by atomic mass is 10.0. The molecule has 1 aromatic heterocycles. The Morgan fingerprint density at radius 3 is 2.85 bits per heavy atom. The summed E-state index contributed by atoms with van der Waals surface area (Å²) in [5.74, 6) is 2.67. The zero-order valence-electron chi connectivity index (χ0n) is 11.6. The van der Waals surface area contributed by atoms with E-state index < -0.39 is 0 Å². The van der Waals surface area contributed by atoms with Crippen molar-refractivity contribution in [1.82, 2.24) is 9.55 Å². The number of imidazole rings is 1. The Balaban J connectivity index is 1.88. The molecule has 1 saturated carbocycles. The van der Waals surface area contributed by atoms with Gasteiger partial charge in [0.1, 0.15) is 5.82 Å². The van der Waals surface area contributed by atoms with Crippen LogP contribution in [0.15, 0.2) is 22.7 Å². The molecule has 3 rings (SSSR count). The molecule has 0 amide bonds. The topological polar surface area (TPSA) is 17.8 Å². The van der Waals surface area contributed by atoms with Crippen molar-refractivity contribution in [2.45, 2.75) is 45.1 Å². The standard InChI is InChI=1S/C16H20BrClN2/c17-13-5-6-14-15(11-13)20(16(19-14)7-9-18)10-8-12-3-1-2-4-12/h5-6,11-12H,1-4,7-10H2. The Hall–Kier alpha value is -0.540. The fourth-order valence-electron chi connectivity index (χ4n) is 3.28. The third-order valence-electron chi connectivity index (χ3n) is 4.34. The van der Waals surface area contributed by atoms with Crippen LogP contribution in [0, 0.1) is 5.92 Å². The van der Waals surface area contributed by atoms with E-state index in [1.807, 2.05) is 0 Å². The van der Waals surface area contributed by atoms with Crippen LogP contribution in [-0.2, 0) is 13.0 Å². The van der Waals surface area contributed by atoms with Crippen LogP contribution in [0.25, 0.3) is 11.0 Å². The average Bonchev–Trinajstić information content (AvgIpc) is 3.04. The molecule has 2 aromatic rings. The second-order valence-electron chi connectivity index (χ2n) is 5.69. The lowest BCUT2D eigenvalue weighted by Crippen LogP contribution is -2.08. The molecule has 0 radical (unpaired) electrons. The Bertz CT molecular complexity index is 587. The second kappa shape index (κ2) is 6.48. The van der Waals surface area contributed by atoms with E-state index in [-0.39, 0.29) is 0 Å². The van der Waals surface area contributed by atoms with Crippen LogP contribution in [0.4, 0.5) is 0 Å². The molecule has 0 bridgehead atoms. The van der Waals surface area contributed by atoms with Crippen LogP contribution in [0.3, 0.4) is 0 Å². The van der Waals surface area contributed by atoms with E-state index in [9.17, 15) is 0 Å². The Morgan fingerprint density at radius 1 is 1.30 bits per heavy atom. The Morgan fingerprint density at radius 2 is 2.10 bits per heavy atom. The summed E-state index contributed by atoms with van der Waals surface area (Å²) in [6.07, 6.45) is 7.75. The highest BCUT2D eigenvalue weighted by atomic mass is 79.9. The summed E-state index contributed by atoms with van der Waals surface area (Å²) in [6.45, 7) is 1.07. The average molecular weight is 356 g/mol. The molecule has 1 aliphatic rings. The number of aryl methyl sites for hydroxylation is 2. The van der Waals surface area contributed by atoms with Gasteiger partial charge in [0.2, 0.25) is 0 Å². The van der Waals surface area contributed by atoms with E-state index in [4.69, 9.17) is 16.6 Å². The zero-order valence-corrected chi connectivity index (χ0v) is 14.0. The summed E-state index contributed by atoms with van der Waals surface area (Å²) in [6, 6.07) is 6.32. The van der Waals surface area contributed by atoms with Crippen LogP contribution >= 0.6 is 27.5 Å². The van der Waals surface area contributed by atoms with Crippen LogP contribution in [0.5, 0.6) is 0 Å². The maximum atomic E-state index is 5.93. The van der Waals surface area contributed by atoms with E-state index >= 15 is 0 Å². The van der Waals surface area contributed by atoms with Gasteiger partial charge in [-0.15, -0.1) is 11.6 Å². The summed E-state index contributed by atoms with van der Waals surface area (Å²) < 4.78 is 3.49. The highest BCUT2D eigenvalue weighted by Crippen LogP contribution is 2.29. The highest BCUT2D eigenvalue weighted by molar-refractivity contribution is 9.10. The third-order valence-corrected chi connectivity index (χ3v) is 5.03. The summed E-state index contributed by atoms with van der Waals surface area (Å²) >= 11 is 9.50. The first kappa shape index (κ1) is 14.4. The number of hydrogen-bond acceptors (Lipinski definition) is 1. The number of rotatable bonds is 5. The van der Waals surface area contributed by atoms with Crippen molar-refractivity contribution in [3.05, 3.63) is 28.5 Å². The minimum Gasteiger partial charge on any atom is -0.328 e. The van der Waals surface area contributed by atoms with Crippen LogP contribution in [-0.4, -0.2) is 15.4 Å². The molecule has 0 N–H and O–H groups in total. The molecule has 1 fully saturated rings. The van der Waals surface area contributed by atoms with E-state index in [0.29, 0.717) is 5.88 Å². The number of halogens is 2. The SMILES string of the molecule is ClCCc1nc2ccc(Br)cc2n1CCC1CCCC1. The van der Waals surface area contributed by atoms with Gasteiger partial charge in [-0.2, -0.15) is 0 Å². The molecule has 1 aliphatic carbocycles. The van der Waals surface area contributed by atoms with Gasteiger partial charge in [-0.3, -0.25) is 0 Å². The predicted molar refractivity (Wildman–Crippen MR) is 88.4 cm³/mol. The maximum Gasteiger partial charge on any atom is 0.111 e. The lowest BCUT2D eigenvalue weighted by Gasteiger charge is -2.12. The molecule has 20 heavy (non-hydrogen) atoms. The van der Waals surface area contributed by atoms with Crippen LogP contribution in [0.2, 0.25) is 0 Å². The number of nitrogens with zero attached hydrogens (tertiary/aromatic N) is 2. The van der Waals surface area contributed by atoms with Gasteiger partial charge in [0, 0.05) is 23.3 Å². The van der Waals surface area contributed by atoms with Crippen molar-refractivity contribution in [3.63, 3.8) is 0 Å². The highest BCUT2D eigenvalue weighted by Gasteiger charge is 2.17. The number of aromatic nitrogens is 2. The molecular weight excluding hydrogens is 336 g/mol. The molecule has 0 aliphatic heterocycles. The largest absolute Gasteiger partial charge is 0.328 e. The summed E-state index contributed by atoms with van der Waals surface area (Å²) in [7, 11) is 0. The quantitative estimate of drug-likeness (QED) is 0.677.